The lowest BCUT2D eigenvalue weighted by Gasteiger charge is -2.26. The molecule has 1 heterocycles. The van der Waals surface area contributed by atoms with Crippen molar-refractivity contribution in [1.29, 1.82) is 0 Å². The molecule has 4 rings (SSSR count). The van der Waals surface area contributed by atoms with Crippen molar-refractivity contribution in [1.82, 2.24) is 10.4 Å². The van der Waals surface area contributed by atoms with E-state index in [2.05, 4.69) is 35.7 Å². The normalized spacial score (nSPS) is 21.5. The van der Waals surface area contributed by atoms with Gasteiger partial charge in [0.15, 0.2) is 0 Å². The standard InChI is InChI=1S/C28H34N2O4/c1-20(31)25-18-30(34-19-25)17-24-12-7-13-26(27(24)33-2)22-10-6-11-23(16-22)28(32)29-15-14-21-8-4-3-5-9-21/h3-12,16,20,25-26,31H,13-15,17-19H2,1-2H3,(H,29,32)/t20-,25-,26?/m0/s1. The van der Waals surface area contributed by atoms with E-state index >= 15 is 0 Å². The third kappa shape index (κ3) is 5.95. The first-order chi connectivity index (χ1) is 16.5. The summed E-state index contributed by atoms with van der Waals surface area (Å²) in [5, 5.41) is 14.8. The average molecular weight is 463 g/mol. The molecule has 2 N–H and O–H groups in total. The van der Waals surface area contributed by atoms with Crippen molar-refractivity contribution < 1.29 is 19.5 Å². The van der Waals surface area contributed by atoms with Gasteiger partial charge < -0.3 is 15.2 Å². The van der Waals surface area contributed by atoms with E-state index in [0.29, 0.717) is 31.8 Å². The van der Waals surface area contributed by atoms with Crippen molar-refractivity contribution in [3.05, 3.63) is 94.8 Å². The number of carbonyl (C=O) groups is 1. The molecule has 0 spiro atoms. The Labute approximate surface area is 201 Å². The van der Waals surface area contributed by atoms with Crippen LogP contribution in [-0.4, -0.2) is 55.5 Å². The van der Waals surface area contributed by atoms with Crippen LogP contribution in [0.25, 0.3) is 0 Å². The van der Waals surface area contributed by atoms with Gasteiger partial charge in [-0.15, -0.1) is 0 Å². The summed E-state index contributed by atoms with van der Waals surface area (Å²) in [4.78, 5) is 18.6. The molecule has 0 bridgehead atoms. The van der Waals surface area contributed by atoms with Crippen LogP contribution >= 0.6 is 0 Å². The maximum atomic E-state index is 12.8. The molecule has 1 aliphatic carbocycles. The zero-order valence-corrected chi connectivity index (χ0v) is 19.9. The molecule has 0 aromatic heterocycles. The van der Waals surface area contributed by atoms with E-state index in [-0.39, 0.29) is 17.7 Å². The Morgan fingerprint density at radius 3 is 2.79 bits per heavy atom. The predicted octanol–water partition coefficient (Wildman–Crippen LogP) is 3.85. The third-order valence-electron chi connectivity index (χ3n) is 6.58. The molecule has 6 heteroatoms. The molecule has 0 saturated carbocycles. The van der Waals surface area contributed by atoms with Gasteiger partial charge in [0.1, 0.15) is 5.76 Å². The molecular weight excluding hydrogens is 428 g/mol. The quantitative estimate of drug-likeness (QED) is 0.592. The lowest BCUT2D eigenvalue weighted by Crippen LogP contribution is -2.27. The summed E-state index contributed by atoms with van der Waals surface area (Å²) in [6.45, 7) is 4.21. The van der Waals surface area contributed by atoms with E-state index in [0.717, 1.165) is 29.7 Å². The van der Waals surface area contributed by atoms with Gasteiger partial charge in [-0.3, -0.25) is 9.63 Å². The molecule has 2 aromatic carbocycles. The zero-order chi connectivity index (χ0) is 23.9. The number of ether oxygens (including phenoxy) is 1. The van der Waals surface area contributed by atoms with E-state index in [1.807, 2.05) is 41.5 Å². The highest BCUT2D eigenvalue weighted by Gasteiger charge is 2.30. The van der Waals surface area contributed by atoms with Crippen LogP contribution in [0, 0.1) is 5.92 Å². The van der Waals surface area contributed by atoms with Gasteiger partial charge in [0.25, 0.3) is 5.91 Å². The Morgan fingerprint density at radius 1 is 1.24 bits per heavy atom. The molecule has 34 heavy (non-hydrogen) atoms. The molecule has 6 nitrogen and oxygen atoms in total. The van der Waals surface area contributed by atoms with Crippen LogP contribution < -0.4 is 5.32 Å². The van der Waals surface area contributed by atoms with E-state index in [9.17, 15) is 9.90 Å². The number of hydroxylamine groups is 2. The number of rotatable bonds is 9. The third-order valence-corrected chi connectivity index (χ3v) is 6.58. The van der Waals surface area contributed by atoms with Crippen molar-refractivity contribution in [3.63, 3.8) is 0 Å². The average Bonchev–Trinajstić information content (AvgIpc) is 3.33. The molecule has 1 saturated heterocycles. The number of aliphatic hydroxyl groups is 1. The number of allylic oxidation sites excluding steroid dienone is 2. The van der Waals surface area contributed by atoms with Gasteiger partial charge >= 0.3 is 0 Å². The second-order valence-corrected chi connectivity index (χ2v) is 9.02. The summed E-state index contributed by atoms with van der Waals surface area (Å²) >= 11 is 0. The number of nitrogens with zero attached hydrogens (tertiary/aromatic N) is 1. The minimum Gasteiger partial charge on any atom is -0.500 e. The summed E-state index contributed by atoms with van der Waals surface area (Å²) in [6.07, 6.45) is 5.46. The number of aliphatic hydroxyl groups excluding tert-OH is 1. The lowest BCUT2D eigenvalue weighted by atomic mass is 9.86. The van der Waals surface area contributed by atoms with Gasteiger partial charge in [0, 0.05) is 36.1 Å². The van der Waals surface area contributed by atoms with Crippen molar-refractivity contribution >= 4 is 5.91 Å². The fourth-order valence-electron chi connectivity index (χ4n) is 4.57. The Bertz CT molecular complexity index is 1030. The SMILES string of the molecule is COC1=C(CN2C[C@H]([C@H](C)O)CO2)C=CCC1c1cccc(C(=O)NCCc2ccccc2)c1. The number of hydrogen-bond donors (Lipinski definition) is 2. The van der Waals surface area contributed by atoms with Gasteiger partial charge in [0.05, 0.1) is 26.4 Å². The Balaban J connectivity index is 1.43. The van der Waals surface area contributed by atoms with Crippen LogP contribution in [0.4, 0.5) is 0 Å². The number of nitrogens with one attached hydrogen (secondary N) is 1. The summed E-state index contributed by atoms with van der Waals surface area (Å²) < 4.78 is 5.87. The fraction of sp³-hybridized carbons (Fsp3) is 0.393. The molecule has 0 radical (unpaired) electrons. The van der Waals surface area contributed by atoms with Gasteiger partial charge in [-0.05, 0) is 43.0 Å². The number of hydrogen-bond acceptors (Lipinski definition) is 5. The molecule has 1 unspecified atom stereocenters. The number of methoxy groups -OCH3 is 1. The fourth-order valence-corrected chi connectivity index (χ4v) is 4.57. The molecule has 2 aromatic rings. The van der Waals surface area contributed by atoms with Crippen molar-refractivity contribution in [3.8, 4) is 0 Å². The summed E-state index contributed by atoms with van der Waals surface area (Å²) in [6, 6.07) is 18.0. The molecule has 2 aliphatic rings. The van der Waals surface area contributed by atoms with Crippen LogP contribution in [0.1, 0.15) is 40.7 Å². The first-order valence-corrected chi connectivity index (χ1v) is 12.0. The summed E-state index contributed by atoms with van der Waals surface area (Å²) in [7, 11) is 1.70. The van der Waals surface area contributed by atoms with Crippen molar-refractivity contribution in [2.75, 3.05) is 33.4 Å². The van der Waals surface area contributed by atoms with Crippen molar-refractivity contribution in [2.45, 2.75) is 31.8 Å². The Kier molecular flexibility index (Phi) is 8.16. The molecule has 1 fully saturated rings. The second kappa shape index (κ2) is 11.5. The molecular formula is C28H34N2O4. The Morgan fingerprint density at radius 2 is 2.06 bits per heavy atom. The van der Waals surface area contributed by atoms with Crippen LogP contribution in [0.15, 0.2) is 78.1 Å². The topological polar surface area (TPSA) is 71.0 Å². The minimum atomic E-state index is -0.392. The number of carbonyl (C=O) groups excluding carboxylic acids is 1. The maximum Gasteiger partial charge on any atom is 0.251 e. The molecule has 3 atom stereocenters. The largest absolute Gasteiger partial charge is 0.500 e. The smallest absolute Gasteiger partial charge is 0.251 e. The van der Waals surface area contributed by atoms with Gasteiger partial charge in [0.2, 0.25) is 0 Å². The van der Waals surface area contributed by atoms with Crippen LogP contribution in [0.3, 0.4) is 0 Å². The van der Waals surface area contributed by atoms with Crippen LogP contribution in [0.2, 0.25) is 0 Å². The highest BCUT2D eigenvalue weighted by Crippen LogP contribution is 2.35. The molecule has 180 valence electrons. The van der Waals surface area contributed by atoms with Crippen molar-refractivity contribution in [2.24, 2.45) is 5.92 Å². The summed E-state index contributed by atoms with van der Waals surface area (Å²) in [5.41, 5.74) is 3.97. The lowest BCUT2D eigenvalue weighted by molar-refractivity contribution is -0.103. The van der Waals surface area contributed by atoms with E-state index in [1.165, 1.54) is 5.56 Å². The van der Waals surface area contributed by atoms with E-state index in [1.54, 1.807) is 14.0 Å². The van der Waals surface area contributed by atoms with Gasteiger partial charge in [-0.2, -0.15) is 5.06 Å². The first kappa shape index (κ1) is 24.2. The van der Waals surface area contributed by atoms with Crippen LogP contribution in [-0.2, 0) is 16.0 Å². The van der Waals surface area contributed by atoms with Gasteiger partial charge in [-0.1, -0.05) is 54.6 Å². The maximum absolute atomic E-state index is 12.8. The first-order valence-electron chi connectivity index (χ1n) is 12.0. The van der Waals surface area contributed by atoms with Crippen LogP contribution in [0.5, 0.6) is 0 Å². The highest BCUT2D eigenvalue weighted by molar-refractivity contribution is 5.94. The highest BCUT2D eigenvalue weighted by atomic mass is 16.7. The predicted molar refractivity (Wildman–Crippen MR) is 132 cm³/mol. The minimum absolute atomic E-state index is 0.0391. The zero-order valence-electron chi connectivity index (χ0n) is 19.9. The van der Waals surface area contributed by atoms with E-state index in [4.69, 9.17) is 9.57 Å². The second-order valence-electron chi connectivity index (χ2n) is 9.02. The monoisotopic (exact) mass is 462 g/mol. The van der Waals surface area contributed by atoms with E-state index < -0.39 is 6.10 Å². The van der Waals surface area contributed by atoms with Gasteiger partial charge in [-0.25, -0.2) is 0 Å². The Hall–Kier alpha value is -2.93. The number of amides is 1. The summed E-state index contributed by atoms with van der Waals surface area (Å²) in [5.74, 6) is 0.986. The number of benzene rings is 2. The molecule has 1 aliphatic heterocycles. The molecule has 1 amide bonds.